The first kappa shape index (κ1) is 15.6. The second-order valence-corrected chi connectivity index (χ2v) is 6.65. The topological polar surface area (TPSA) is 85.1 Å². The summed E-state index contributed by atoms with van der Waals surface area (Å²) in [4.78, 5) is 26.2. The average molecular weight is 352 g/mol. The number of anilines is 1. The lowest BCUT2D eigenvalue weighted by atomic mass is 10.0. The van der Waals surface area contributed by atoms with Crippen molar-refractivity contribution in [1.29, 1.82) is 0 Å². The molecule has 4 heterocycles. The highest BCUT2D eigenvalue weighted by Gasteiger charge is 2.17. The van der Waals surface area contributed by atoms with Crippen molar-refractivity contribution in [3.8, 4) is 11.1 Å². The number of hydrogen-bond donors (Lipinski definition) is 1. The van der Waals surface area contributed by atoms with Gasteiger partial charge in [-0.15, -0.1) is 0 Å². The van der Waals surface area contributed by atoms with E-state index in [2.05, 4.69) is 25.4 Å². The van der Waals surface area contributed by atoms with Crippen molar-refractivity contribution in [3.63, 3.8) is 0 Å². The summed E-state index contributed by atoms with van der Waals surface area (Å²) in [7, 11) is 1.84. The minimum absolute atomic E-state index is 0.0379. The molecule has 0 aliphatic heterocycles. The summed E-state index contributed by atoms with van der Waals surface area (Å²) in [6.07, 6.45) is 3.71. The van der Waals surface area contributed by atoms with Gasteiger partial charge >= 0.3 is 0 Å². The Morgan fingerprint density at radius 2 is 2.12 bits per heavy atom. The largest absolute Gasteiger partial charge is 0.365 e. The number of carbonyl (C=O) groups excluding carboxylic acids is 1. The smallest absolute Gasteiger partial charge is 0.185 e. The Morgan fingerprint density at radius 1 is 1.28 bits per heavy atom. The van der Waals surface area contributed by atoms with Gasteiger partial charge in [-0.1, -0.05) is 18.3 Å². The van der Waals surface area contributed by atoms with E-state index in [9.17, 15) is 4.79 Å². The zero-order chi connectivity index (χ0) is 17.6. The molecule has 0 aromatic carbocycles. The van der Waals surface area contributed by atoms with E-state index in [4.69, 9.17) is 0 Å². The van der Waals surface area contributed by atoms with E-state index >= 15 is 0 Å². The lowest BCUT2D eigenvalue weighted by Gasteiger charge is -2.08. The number of hydrogen-bond acceptors (Lipinski definition) is 7. The number of rotatable bonds is 4. The second-order valence-electron chi connectivity index (χ2n) is 5.67. The summed E-state index contributed by atoms with van der Waals surface area (Å²) >= 11 is 1.53. The van der Waals surface area contributed by atoms with Crippen molar-refractivity contribution in [2.45, 2.75) is 20.3 Å². The molecule has 8 heteroatoms. The van der Waals surface area contributed by atoms with Gasteiger partial charge in [0.25, 0.3) is 0 Å². The summed E-state index contributed by atoms with van der Waals surface area (Å²) < 4.78 is 1.80. The molecular formula is C17H16N6OS. The molecule has 0 aliphatic rings. The number of nitrogens with one attached hydrogen (secondary N) is 1. The van der Waals surface area contributed by atoms with Crippen LogP contribution in [0.15, 0.2) is 24.7 Å². The third-order valence-electron chi connectivity index (χ3n) is 4.12. The van der Waals surface area contributed by atoms with Crippen LogP contribution in [0.25, 0.3) is 27.1 Å². The molecule has 4 aromatic heterocycles. The monoisotopic (exact) mass is 352 g/mol. The number of thiazole rings is 1. The number of ketones is 1. The van der Waals surface area contributed by atoms with Crippen LogP contribution in [0, 0.1) is 6.92 Å². The van der Waals surface area contributed by atoms with Crippen molar-refractivity contribution in [3.05, 3.63) is 35.9 Å². The quantitative estimate of drug-likeness (QED) is 0.567. The van der Waals surface area contributed by atoms with E-state index in [0.717, 1.165) is 37.8 Å². The lowest BCUT2D eigenvalue weighted by molar-refractivity contribution is 0.0983. The van der Waals surface area contributed by atoms with Gasteiger partial charge in [0.2, 0.25) is 0 Å². The maximum absolute atomic E-state index is 11.9. The molecule has 25 heavy (non-hydrogen) atoms. The van der Waals surface area contributed by atoms with E-state index in [1.807, 2.05) is 33.0 Å². The van der Waals surface area contributed by atoms with Gasteiger partial charge in [0, 0.05) is 30.8 Å². The molecule has 7 nitrogen and oxygen atoms in total. The van der Waals surface area contributed by atoms with E-state index in [1.165, 1.54) is 17.7 Å². The van der Waals surface area contributed by atoms with Gasteiger partial charge in [0.05, 0.1) is 0 Å². The van der Waals surface area contributed by atoms with E-state index < -0.39 is 0 Å². The van der Waals surface area contributed by atoms with E-state index in [1.54, 1.807) is 10.7 Å². The van der Waals surface area contributed by atoms with Crippen molar-refractivity contribution in [1.82, 2.24) is 24.6 Å². The first-order valence-corrected chi connectivity index (χ1v) is 8.75. The molecular weight excluding hydrogens is 336 g/mol. The van der Waals surface area contributed by atoms with Crippen molar-refractivity contribution in [2.24, 2.45) is 0 Å². The maximum atomic E-state index is 11.9. The van der Waals surface area contributed by atoms with Crippen LogP contribution in [-0.4, -0.2) is 37.4 Å². The molecule has 0 spiro atoms. The fourth-order valence-corrected chi connectivity index (χ4v) is 3.68. The number of aryl methyl sites for hydroxylation is 1. The third kappa shape index (κ3) is 2.45. The summed E-state index contributed by atoms with van der Waals surface area (Å²) in [6.45, 7) is 3.81. The van der Waals surface area contributed by atoms with Gasteiger partial charge in [-0.3, -0.25) is 9.78 Å². The Labute approximate surface area is 147 Å². The van der Waals surface area contributed by atoms with Crippen LogP contribution in [0.1, 0.15) is 29.4 Å². The van der Waals surface area contributed by atoms with Gasteiger partial charge in [-0.05, 0) is 24.6 Å². The van der Waals surface area contributed by atoms with Crippen molar-refractivity contribution < 1.29 is 4.79 Å². The molecule has 0 fully saturated rings. The number of fused-ring (bicyclic) bond motifs is 3. The zero-order valence-corrected chi connectivity index (χ0v) is 14.9. The number of pyridine rings is 2. The molecule has 1 N–H and O–H groups in total. The first-order valence-electron chi connectivity index (χ1n) is 7.93. The highest BCUT2D eigenvalue weighted by atomic mass is 32.1. The fourth-order valence-electron chi connectivity index (χ4n) is 2.82. The molecule has 0 atom stereocenters. The SMILES string of the molecule is CCC(=O)c1cc(C)c(-c2cc3nc(NC)sc3n3ncnc23)cn1. The Morgan fingerprint density at radius 3 is 2.84 bits per heavy atom. The van der Waals surface area contributed by atoms with Gasteiger partial charge < -0.3 is 5.32 Å². The Balaban J connectivity index is 1.96. The number of aromatic nitrogens is 5. The van der Waals surface area contributed by atoms with Crippen LogP contribution in [0.4, 0.5) is 5.13 Å². The van der Waals surface area contributed by atoms with Crippen LogP contribution >= 0.6 is 11.3 Å². The lowest BCUT2D eigenvalue weighted by Crippen LogP contribution is -2.02. The zero-order valence-electron chi connectivity index (χ0n) is 14.1. The fraction of sp³-hybridized carbons (Fsp3) is 0.235. The summed E-state index contributed by atoms with van der Waals surface area (Å²) in [5.74, 6) is 0.0379. The Bertz CT molecular complexity index is 1110. The highest BCUT2D eigenvalue weighted by molar-refractivity contribution is 7.21. The summed E-state index contributed by atoms with van der Waals surface area (Å²) in [5.41, 5.74) is 4.88. The second kappa shape index (κ2) is 5.89. The van der Waals surface area contributed by atoms with Crippen LogP contribution in [-0.2, 0) is 0 Å². The average Bonchev–Trinajstić information content (AvgIpc) is 3.26. The molecule has 4 aromatic rings. The molecule has 0 saturated heterocycles. The van der Waals surface area contributed by atoms with Crippen LogP contribution < -0.4 is 5.32 Å². The number of Topliss-reactive ketones (excluding diaryl/α,β-unsaturated/α-hetero) is 1. The summed E-state index contributed by atoms with van der Waals surface area (Å²) in [5, 5.41) is 8.23. The van der Waals surface area contributed by atoms with Crippen molar-refractivity contribution >= 4 is 38.2 Å². The highest BCUT2D eigenvalue weighted by Crippen LogP contribution is 2.33. The van der Waals surface area contributed by atoms with Crippen LogP contribution in [0.3, 0.4) is 0 Å². The minimum Gasteiger partial charge on any atom is -0.365 e. The molecule has 0 unspecified atom stereocenters. The predicted molar refractivity (Wildman–Crippen MR) is 98.3 cm³/mol. The number of carbonyl (C=O) groups is 1. The first-order chi connectivity index (χ1) is 12.1. The van der Waals surface area contributed by atoms with Gasteiger partial charge in [-0.25, -0.2) is 14.5 Å². The summed E-state index contributed by atoms with van der Waals surface area (Å²) in [6, 6.07) is 3.83. The van der Waals surface area contributed by atoms with Gasteiger partial charge in [-0.2, -0.15) is 5.10 Å². The van der Waals surface area contributed by atoms with Gasteiger partial charge in [0.15, 0.2) is 16.6 Å². The Hall–Kier alpha value is -2.87. The predicted octanol–water partition coefficient (Wildman–Crippen LogP) is 3.34. The minimum atomic E-state index is 0.0379. The Kier molecular flexibility index (Phi) is 3.69. The standard InChI is InChI=1S/C17H16N6OS/c1-4-14(24)12-5-9(2)11(7-19-12)10-6-13-16(25-17(18-3)22-13)23-15(10)20-8-21-23/h5-8H,4H2,1-3H3,(H,18,22). The molecule has 4 rings (SSSR count). The molecule has 126 valence electrons. The molecule has 0 aliphatic carbocycles. The molecule has 0 radical (unpaired) electrons. The van der Waals surface area contributed by atoms with Crippen molar-refractivity contribution in [2.75, 3.05) is 12.4 Å². The number of nitrogens with zero attached hydrogens (tertiary/aromatic N) is 5. The van der Waals surface area contributed by atoms with E-state index in [0.29, 0.717) is 12.1 Å². The van der Waals surface area contributed by atoms with Gasteiger partial charge in [0.1, 0.15) is 22.4 Å². The van der Waals surface area contributed by atoms with E-state index in [-0.39, 0.29) is 5.78 Å². The molecule has 0 bridgehead atoms. The third-order valence-corrected chi connectivity index (χ3v) is 5.18. The van der Waals surface area contributed by atoms with Crippen LogP contribution in [0.2, 0.25) is 0 Å². The normalized spacial score (nSPS) is 11.3. The molecule has 0 saturated carbocycles. The molecule has 0 amide bonds. The van der Waals surface area contributed by atoms with Crippen LogP contribution in [0.5, 0.6) is 0 Å². The maximum Gasteiger partial charge on any atom is 0.185 e.